The Balaban J connectivity index is 0. The molecule has 2 fully saturated rings. The van der Waals surface area contributed by atoms with Crippen molar-refractivity contribution >= 4 is 61.6 Å². The van der Waals surface area contributed by atoms with Crippen LogP contribution in [0.1, 0.15) is 82.9 Å². The van der Waals surface area contributed by atoms with E-state index in [1.54, 1.807) is 0 Å². The van der Waals surface area contributed by atoms with Gasteiger partial charge in [0.2, 0.25) is 0 Å². The fraction of sp³-hybridized carbons (Fsp3) is 0.571. The van der Waals surface area contributed by atoms with E-state index in [9.17, 15) is 9.59 Å². The summed E-state index contributed by atoms with van der Waals surface area (Å²) in [5.74, 6) is 1.81. The van der Waals surface area contributed by atoms with Crippen LogP contribution in [0.4, 0.5) is 0 Å². The number of carboxylic acid groups (broad SMARTS) is 1. The zero-order chi connectivity index (χ0) is 34.7. The number of ether oxygens (including phenoxy) is 2. The number of hydrogen-bond acceptors (Lipinski definition) is 12. The van der Waals surface area contributed by atoms with Crippen molar-refractivity contribution < 1.29 is 143 Å². The molecule has 0 radical (unpaired) electrons. The van der Waals surface area contributed by atoms with Gasteiger partial charge < -0.3 is 31.1 Å². The first-order valence-electron chi connectivity index (χ1n) is 16.5. The van der Waals surface area contributed by atoms with Crippen LogP contribution in [-0.2, 0) is 28.7 Å². The molecule has 2 aromatic carbocycles. The largest absolute Gasteiger partial charge is 1.00 e. The summed E-state index contributed by atoms with van der Waals surface area (Å²) in [6.07, 6.45) is 9.81. The van der Waals surface area contributed by atoms with Gasteiger partial charge in [-0.3, -0.25) is 14.4 Å². The zero-order valence-corrected chi connectivity index (χ0v) is 39.3. The molecule has 0 saturated carbocycles. The Hall–Kier alpha value is 1.40. The Morgan fingerprint density at radius 2 is 1.34 bits per heavy atom. The van der Waals surface area contributed by atoms with Crippen LogP contribution in [0.25, 0.3) is 0 Å². The van der Waals surface area contributed by atoms with Crippen molar-refractivity contribution in [3.05, 3.63) is 71.8 Å². The third-order valence-electron chi connectivity index (χ3n) is 7.52. The molecular weight excluding hydrogens is 769 g/mol. The summed E-state index contributed by atoms with van der Waals surface area (Å²) in [5.41, 5.74) is 2.31. The number of likely N-dealkylation sites (N-methyl/N-ethyl adjacent to an activating group) is 1. The first-order valence-corrected chi connectivity index (χ1v) is 21.3. The number of aliphatic carboxylic acids is 1. The van der Waals surface area contributed by atoms with E-state index >= 15 is 0 Å². The van der Waals surface area contributed by atoms with Gasteiger partial charge in [-0.2, -0.15) is 0 Å². The third kappa shape index (κ3) is 26.2. The number of hydrogen-bond donors (Lipinski definition) is 1. The topological polar surface area (TPSA) is 125 Å². The van der Waals surface area contributed by atoms with Crippen molar-refractivity contribution in [3.8, 4) is 0 Å². The van der Waals surface area contributed by atoms with Crippen molar-refractivity contribution in [2.75, 3.05) is 44.9 Å². The Kier molecular flexibility index (Phi) is 35.8. The predicted octanol–water partition coefficient (Wildman–Crippen LogP) is 1.32. The number of esters is 1. The Labute approximate surface area is 401 Å². The summed E-state index contributed by atoms with van der Waals surface area (Å²) in [7, 11) is 9.94. The average Bonchev–Trinajstić information content (AvgIpc) is 3.83. The quantitative estimate of drug-likeness (QED) is 0.0394. The van der Waals surface area contributed by atoms with Gasteiger partial charge in [0.05, 0.1) is 6.61 Å². The molecule has 0 spiro atoms. The van der Waals surface area contributed by atoms with Gasteiger partial charge in [0.1, 0.15) is 12.7 Å². The first kappa shape index (κ1) is 51.4. The van der Waals surface area contributed by atoms with E-state index < -0.39 is 5.97 Å². The molecular formula is C35H51K2NO8S4. The molecule has 270 valence electrons. The van der Waals surface area contributed by atoms with Crippen molar-refractivity contribution in [1.82, 2.24) is 4.90 Å². The number of nitrogens with zero attached hydrogens (tertiary/aromatic N) is 1. The smallest absolute Gasteiger partial charge is 1.00 e. The fourth-order valence-corrected chi connectivity index (χ4v) is 10.9. The Morgan fingerprint density at radius 1 is 0.860 bits per heavy atom. The predicted molar refractivity (Wildman–Crippen MR) is 199 cm³/mol. The maximum absolute atomic E-state index is 12.0. The molecule has 0 amide bonds. The molecule has 2 heterocycles. The molecule has 4 rings (SSSR count). The van der Waals surface area contributed by atoms with Crippen LogP contribution < -0.4 is 108 Å². The van der Waals surface area contributed by atoms with E-state index in [2.05, 4.69) is 34.1 Å². The van der Waals surface area contributed by atoms with Crippen LogP contribution >= 0.6 is 43.2 Å². The van der Waals surface area contributed by atoms with Crippen molar-refractivity contribution in [3.63, 3.8) is 0 Å². The maximum Gasteiger partial charge on any atom is 1.00 e. The van der Waals surface area contributed by atoms with Gasteiger partial charge in [-0.25, -0.2) is 0 Å². The third-order valence-corrected chi connectivity index (χ3v) is 13.5. The molecule has 2 saturated heterocycles. The minimum Gasteiger partial charge on any atom is -1.00 e. The van der Waals surface area contributed by atoms with Crippen LogP contribution in [0.2, 0.25) is 0 Å². The normalized spacial score (nSPS) is 16.2. The van der Waals surface area contributed by atoms with Gasteiger partial charge in [-0.05, 0) is 56.7 Å². The molecule has 2 aliphatic rings. The van der Waals surface area contributed by atoms with Crippen LogP contribution in [-0.4, -0.2) is 83.8 Å². The second kappa shape index (κ2) is 34.9. The minimum atomic E-state index is -0.663. The number of carbonyl (C=O) groups excluding carboxylic acids is 2. The summed E-state index contributed by atoms with van der Waals surface area (Å²) in [4.78, 5) is 35.5. The summed E-state index contributed by atoms with van der Waals surface area (Å²) in [6.45, 7) is 2.36. The summed E-state index contributed by atoms with van der Waals surface area (Å²) < 4.78 is 11.7. The summed E-state index contributed by atoms with van der Waals surface area (Å²) >= 11 is 0. The van der Waals surface area contributed by atoms with E-state index in [4.69, 9.17) is 24.6 Å². The molecule has 0 bridgehead atoms. The van der Waals surface area contributed by atoms with Crippen molar-refractivity contribution in [1.29, 1.82) is 0 Å². The molecule has 0 unspecified atom stereocenters. The first-order chi connectivity index (χ1) is 23.4. The minimum absolute atomic E-state index is 0. The van der Waals surface area contributed by atoms with Gasteiger partial charge in [-0.1, -0.05) is 117 Å². The number of unbranched alkanes of at least 4 members (excludes halogenated alkanes) is 2. The van der Waals surface area contributed by atoms with Gasteiger partial charge in [0.15, 0.2) is 0 Å². The molecule has 15 heteroatoms. The van der Waals surface area contributed by atoms with Gasteiger partial charge in [-0.15, -0.1) is 0 Å². The van der Waals surface area contributed by atoms with Gasteiger partial charge >= 0.3 is 115 Å². The van der Waals surface area contributed by atoms with E-state index in [0.29, 0.717) is 32.6 Å². The van der Waals surface area contributed by atoms with E-state index in [1.807, 2.05) is 86.6 Å². The van der Waals surface area contributed by atoms with E-state index in [1.165, 1.54) is 37.2 Å². The SMILES string of the molecule is CN(CCOC(=O)CCCC[C@@H]1CCSS1)CCOC(c1ccccc1)c1ccccc1.O=C(O)CCCC[C@@H]1CCSS1.O=CO[O-].[H-].[K+].[K+]. The second-order valence-corrected chi connectivity index (χ2v) is 16.9. The summed E-state index contributed by atoms with van der Waals surface area (Å²) in [5, 5.41) is 18.4. The van der Waals surface area contributed by atoms with Crippen LogP contribution in [0, 0.1) is 0 Å². The van der Waals surface area contributed by atoms with Crippen molar-refractivity contribution in [2.45, 2.75) is 80.8 Å². The monoisotopic (exact) mass is 819 g/mol. The maximum atomic E-state index is 12.0. The number of carboxylic acids is 1. The molecule has 2 atom stereocenters. The van der Waals surface area contributed by atoms with Crippen LogP contribution in [0.5, 0.6) is 0 Å². The molecule has 2 aliphatic heterocycles. The van der Waals surface area contributed by atoms with E-state index in [-0.39, 0.29) is 123 Å². The molecule has 50 heavy (non-hydrogen) atoms. The zero-order valence-electron chi connectivity index (χ0n) is 30.8. The Bertz CT molecular complexity index is 1090. The van der Waals surface area contributed by atoms with Crippen LogP contribution in [0.3, 0.4) is 0 Å². The van der Waals surface area contributed by atoms with Crippen molar-refractivity contribution in [2.24, 2.45) is 0 Å². The second-order valence-electron chi connectivity index (χ2n) is 11.3. The summed E-state index contributed by atoms with van der Waals surface area (Å²) in [6, 6.07) is 20.6. The van der Waals surface area contributed by atoms with E-state index in [0.717, 1.165) is 53.9 Å². The molecule has 2 aromatic rings. The molecule has 0 aliphatic carbocycles. The number of benzene rings is 2. The van der Waals surface area contributed by atoms with Gasteiger partial charge in [0, 0.05) is 47.9 Å². The Morgan fingerprint density at radius 3 is 1.78 bits per heavy atom. The fourth-order valence-electron chi connectivity index (χ4n) is 4.88. The number of rotatable bonds is 20. The van der Waals surface area contributed by atoms with Crippen LogP contribution in [0.15, 0.2) is 60.7 Å². The molecule has 1 N–H and O–H groups in total. The molecule has 9 nitrogen and oxygen atoms in total. The number of carbonyl (C=O) groups is 3. The standard InChI is InChI=1S/C26H35NO3S2.C8H14O2S2.CH2O3.2K.H/c1-27(17-19-29-25(28)15-9-8-14-24-16-21-31-32-24)18-20-30-26(22-10-4-2-5-11-22)23-12-6-3-7-13-23;9-8(10)4-2-1-3-7-5-6-11-12-7;2-1-4-3;;;/h2-7,10-13,24,26H,8-9,14-21H2,1H3;7H,1-6H2,(H,9,10);1,3H;;;/q;;;2*+1;-1/p-1/t24-;7-;;;;/m11..../s1. The van der Waals surface area contributed by atoms with Gasteiger partial charge in [0.25, 0.3) is 6.47 Å². The molecule has 0 aromatic heterocycles. The average molecular weight is 820 g/mol.